The molecule has 1 atom stereocenters. The predicted molar refractivity (Wildman–Crippen MR) is 89.1 cm³/mol. The number of nitrogens with one attached hydrogen (secondary N) is 1. The highest BCUT2D eigenvalue weighted by molar-refractivity contribution is 5.78. The fraction of sp³-hybridized carbons (Fsp3) is 0.588. The molecule has 0 unspecified atom stereocenters. The summed E-state index contributed by atoms with van der Waals surface area (Å²) >= 11 is 0. The van der Waals surface area contributed by atoms with Crippen molar-refractivity contribution in [2.75, 3.05) is 19.6 Å². The molecule has 1 saturated heterocycles. The van der Waals surface area contributed by atoms with E-state index in [1.54, 1.807) is 12.6 Å². The summed E-state index contributed by atoms with van der Waals surface area (Å²) in [7, 11) is 0. The maximum absolute atomic E-state index is 12.4. The van der Waals surface area contributed by atoms with E-state index in [0.717, 1.165) is 50.6 Å². The molecule has 0 radical (unpaired) electrons. The third-order valence-corrected chi connectivity index (χ3v) is 4.52. The quantitative estimate of drug-likeness (QED) is 0.831. The van der Waals surface area contributed by atoms with E-state index in [9.17, 15) is 4.79 Å². The Morgan fingerprint density at radius 3 is 3.21 bits per heavy atom. The van der Waals surface area contributed by atoms with Gasteiger partial charge in [0.2, 0.25) is 5.91 Å². The largest absolute Gasteiger partial charge is 0.468 e. The minimum absolute atomic E-state index is 0.0535. The van der Waals surface area contributed by atoms with Gasteiger partial charge in [-0.15, -0.1) is 10.2 Å². The van der Waals surface area contributed by atoms with E-state index in [4.69, 9.17) is 4.42 Å². The normalized spacial score (nSPS) is 18.6. The molecule has 3 heterocycles. The van der Waals surface area contributed by atoms with E-state index >= 15 is 0 Å². The molecule has 0 bridgehead atoms. The SMILES string of the molecule is CCn1cnnc1CCNC(=O)[C@@H]1CCCN(Cc2ccco2)C1. The smallest absolute Gasteiger partial charge is 0.224 e. The van der Waals surface area contributed by atoms with E-state index in [-0.39, 0.29) is 11.8 Å². The molecule has 7 nitrogen and oxygen atoms in total. The number of hydrogen-bond acceptors (Lipinski definition) is 5. The first-order valence-electron chi connectivity index (χ1n) is 8.65. The molecule has 130 valence electrons. The molecule has 0 spiro atoms. The van der Waals surface area contributed by atoms with Crippen molar-refractivity contribution in [2.45, 2.75) is 39.3 Å². The van der Waals surface area contributed by atoms with Crippen LogP contribution in [0.2, 0.25) is 0 Å². The molecule has 1 amide bonds. The summed E-state index contributed by atoms with van der Waals surface area (Å²) in [4.78, 5) is 14.7. The van der Waals surface area contributed by atoms with Crippen LogP contribution >= 0.6 is 0 Å². The fourth-order valence-corrected chi connectivity index (χ4v) is 3.21. The van der Waals surface area contributed by atoms with Crippen LogP contribution in [0.4, 0.5) is 0 Å². The lowest BCUT2D eigenvalue weighted by Crippen LogP contribution is -2.43. The summed E-state index contributed by atoms with van der Waals surface area (Å²) in [6, 6.07) is 3.88. The van der Waals surface area contributed by atoms with Crippen molar-refractivity contribution in [2.24, 2.45) is 5.92 Å². The van der Waals surface area contributed by atoms with Crippen molar-refractivity contribution in [1.29, 1.82) is 0 Å². The Labute approximate surface area is 142 Å². The molecule has 1 aliphatic rings. The number of aromatic nitrogens is 3. The minimum Gasteiger partial charge on any atom is -0.468 e. The molecule has 0 aliphatic carbocycles. The Morgan fingerprint density at radius 1 is 1.50 bits per heavy atom. The van der Waals surface area contributed by atoms with Crippen molar-refractivity contribution in [3.8, 4) is 0 Å². The van der Waals surface area contributed by atoms with Gasteiger partial charge >= 0.3 is 0 Å². The second-order valence-corrected chi connectivity index (χ2v) is 6.23. The first-order valence-corrected chi connectivity index (χ1v) is 8.65. The van der Waals surface area contributed by atoms with Gasteiger partial charge in [0.05, 0.1) is 18.7 Å². The molecule has 24 heavy (non-hydrogen) atoms. The van der Waals surface area contributed by atoms with Gasteiger partial charge in [0.1, 0.15) is 17.9 Å². The number of rotatable bonds is 7. The molecule has 2 aromatic rings. The van der Waals surface area contributed by atoms with Gasteiger partial charge in [0.25, 0.3) is 0 Å². The zero-order valence-electron chi connectivity index (χ0n) is 14.1. The lowest BCUT2D eigenvalue weighted by molar-refractivity contribution is -0.126. The van der Waals surface area contributed by atoms with E-state index in [1.807, 2.05) is 16.7 Å². The van der Waals surface area contributed by atoms with E-state index < -0.39 is 0 Å². The van der Waals surface area contributed by atoms with Crippen LogP contribution in [-0.2, 0) is 24.3 Å². The molecular formula is C17H25N5O2. The number of hydrogen-bond donors (Lipinski definition) is 1. The first-order chi connectivity index (χ1) is 11.8. The van der Waals surface area contributed by atoms with Crippen molar-refractivity contribution in [3.63, 3.8) is 0 Å². The number of furan rings is 1. The van der Waals surface area contributed by atoms with Gasteiger partial charge in [-0.1, -0.05) is 0 Å². The van der Waals surface area contributed by atoms with Crippen LogP contribution in [0.25, 0.3) is 0 Å². The summed E-state index contributed by atoms with van der Waals surface area (Å²) in [5.41, 5.74) is 0. The zero-order chi connectivity index (χ0) is 16.8. The standard InChI is InChI=1S/C17H25N5O2/c1-2-22-13-19-20-16(22)7-8-18-17(23)14-5-3-9-21(11-14)12-15-6-4-10-24-15/h4,6,10,13-14H,2-3,5,7-9,11-12H2,1H3,(H,18,23)/t14-/m1/s1. The van der Waals surface area contributed by atoms with Crippen LogP contribution in [0.1, 0.15) is 31.4 Å². The highest BCUT2D eigenvalue weighted by Crippen LogP contribution is 2.19. The lowest BCUT2D eigenvalue weighted by atomic mass is 9.97. The summed E-state index contributed by atoms with van der Waals surface area (Å²) in [5, 5.41) is 11.1. The van der Waals surface area contributed by atoms with Crippen molar-refractivity contribution < 1.29 is 9.21 Å². The average molecular weight is 331 g/mol. The Hall–Kier alpha value is -2.15. The van der Waals surface area contributed by atoms with Gasteiger partial charge in [0.15, 0.2) is 0 Å². The molecule has 3 rings (SSSR count). The van der Waals surface area contributed by atoms with Crippen LogP contribution < -0.4 is 5.32 Å². The van der Waals surface area contributed by atoms with Crippen molar-refractivity contribution >= 4 is 5.91 Å². The number of piperidine rings is 1. The number of likely N-dealkylation sites (tertiary alicyclic amines) is 1. The molecule has 0 aromatic carbocycles. The number of nitrogens with zero attached hydrogens (tertiary/aromatic N) is 4. The predicted octanol–water partition coefficient (Wildman–Crippen LogP) is 1.46. The molecule has 0 saturated carbocycles. The van der Waals surface area contributed by atoms with Crippen LogP contribution in [0.3, 0.4) is 0 Å². The topological polar surface area (TPSA) is 76.2 Å². The van der Waals surface area contributed by atoms with Crippen LogP contribution in [0.5, 0.6) is 0 Å². The second kappa shape index (κ2) is 8.10. The fourth-order valence-electron chi connectivity index (χ4n) is 3.21. The molecular weight excluding hydrogens is 306 g/mol. The summed E-state index contributed by atoms with van der Waals surface area (Å²) in [5.74, 6) is 2.07. The average Bonchev–Trinajstić information content (AvgIpc) is 3.26. The van der Waals surface area contributed by atoms with Crippen molar-refractivity contribution in [3.05, 3.63) is 36.3 Å². The Bertz CT molecular complexity index is 637. The van der Waals surface area contributed by atoms with Crippen LogP contribution in [-0.4, -0.2) is 45.2 Å². The van der Waals surface area contributed by atoms with Gasteiger partial charge in [-0.2, -0.15) is 0 Å². The van der Waals surface area contributed by atoms with E-state index in [2.05, 4.69) is 27.3 Å². The third-order valence-electron chi connectivity index (χ3n) is 4.52. The molecule has 1 aliphatic heterocycles. The maximum Gasteiger partial charge on any atom is 0.224 e. The van der Waals surface area contributed by atoms with Gasteiger partial charge < -0.3 is 14.3 Å². The monoisotopic (exact) mass is 331 g/mol. The molecule has 1 fully saturated rings. The maximum atomic E-state index is 12.4. The number of carbonyl (C=O) groups is 1. The lowest BCUT2D eigenvalue weighted by Gasteiger charge is -2.31. The summed E-state index contributed by atoms with van der Waals surface area (Å²) < 4.78 is 7.40. The molecule has 1 N–H and O–H groups in total. The zero-order valence-corrected chi connectivity index (χ0v) is 14.1. The van der Waals surface area contributed by atoms with Crippen molar-refractivity contribution in [1.82, 2.24) is 25.0 Å². The Morgan fingerprint density at radius 2 is 2.42 bits per heavy atom. The minimum atomic E-state index is 0.0535. The van der Waals surface area contributed by atoms with Gasteiger partial charge in [-0.25, -0.2) is 0 Å². The van der Waals surface area contributed by atoms with Crippen LogP contribution in [0, 0.1) is 5.92 Å². The summed E-state index contributed by atoms with van der Waals surface area (Å²) in [6.07, 6.45) is 6.13. The van der Waals surface area contributed by atoms with E-state index in [1.165, 1.54) is 0 Å². The van der Waals surface area contributed by atoms with Gasteiger partial charge in [-0.3, -0.25) is 9.69 Å². The summed E-state index contributed by atoms with van der Waals surface area (Å²) in [6.45, 7) is 6.09. The van der Waals surface area contributed by atoms with Gasteiger partial charge in [0, 0.05) is 26.1 Å². The third kappa shape index (κ3) is 4.23. The highest BCUT2D eigenvalue weighted by Gasteiger charge is 2.26. The number of amides is 1. The molecule has 7 heteroatoms. The number of carbonyl (C=O) groups excluding carboxylic acids is 1. The molecule has 2 aromatic heterocycles. The Balaban J connectivity index is 1.44. The highest BCUT2D eigenvalue weighted by atomic mass is 16.3. The van der Waals surface area contributed by atoms with Crippen LogP contribution in [0.15, 0.2) is 29.1 Å². The van der Waals surface area contributed by atoms with E-state index in [0.29, 0.717) is 13.0 Å². The van der Waals surface area contributed by atoms with Gasteiger partial charge in [-0.05, 0) is 38.4 Å². The number of aryl methyl sites for hydroxylation is 1. The first kappa shape index (κ1) is 16.7. The Kier molecular flexibility index (Phi) is 5.63. The second-order valence-electron chi connectivity index (χ2n) is 6.23.